The van der Waals surface area contributed by atoms with E-state index in [1.807, 2.05) is 12.1 Å². The van der Waals surface area contributed by atoms with Gasteiger partial charge in [-0.2, -0.15) is 0 Å². The molecule has 13 rings (SSSR count). The highest BCUT2D eigenvalue weighted by molar-refractivity contribution is 6.22. The van der Waals surface area contributed by atoms with Gasteiger partial charge in [-0.15, -0.1) is 0 Å². The van der Waals surface area contributed by atoms with Crippen molar-refractivity contribution >= 4 is 65.0 Å². The molecule has 0 saturated heterocycles. The molecule has 62 heavy (non-hydrogen) atoms. The summed E-state index contributed by atoms with van der Waals surface area (Å²) in [6.45, 7) is 4.82. The zero-order valence-electron chi connectivity index (χ0n) is 34.5. The summed E-state index contributed by atoms with van der Waals surface area (Å²) < 4.78 is 6.18. The van der Waals surface area contributed by atoms with Crippen molar-refractivity contribution in [1.29, 1.82) is 0 Å². The normalized spacial score (nSPS) is 13.1. The summed E-state index contributed by atoms with van der Waals surface area (Å²) in [5.74, 6) is 0. The molecular weight excluding hydrogens is 749 g/mol. The van der Waals surface area contributed by atoms with Gasteiger partial charge in [-0.05, 0) is 140 Å². The third-order valence-electron chi connectivity index (χ3n) is 13.8. The Morgan fingerprint density at radius 3 is 1.39 bits per heavy atom. The first-order valence-electron chi connectivity index (χ1n) is 21.7. The SMILES string of the molecule is CC1(C)c2cccc(-c3cccc(-c4c5ccccc5c(-c5cccc(-c6ccc7oc8ccccc8c7c6)c5)c5ccccc45)c3)c2-c2c1c1ccccc1c1ccccc21. The van der Waals surface area contributed by atoms with E-state index in [0.29, 0.717) is 0 Å². The van der Waals surface area contributed by atoms with E-state index in [0.717, 1.165) is 21.9 Å². The molecule has 1 aliphatic rings. The Labute approximate surface area is 360 Å². The average Bonchev–Trinajstić information content (AvgIpc) is 3.82. The lowest BCUT2D eigenvalue weighted by Gasteiger charge is -2.24. The summed E-state index contributed by atoms with van der Waals surface area (Å²) in [4.78, 5) is 0. The van der Waals surface area contributed by atoms with Crippen molar-refractivity contribution in [2.24, 2.45) is 0 Å². The minimum absolute atomic E-state index is 0.165. The Morgan fingerprint density at radius 1 is 0.290 bits per heavy atom. The first kappa shape index (κ1) is 35.1. The lowest BCUT2D eigenvalue weighted by Crippen LogP contribution is -2.15. The van der Waals surface area contributed by atoms with Crippen molar-refractivity contribution in [3.05, 3.63) is 217 Å². The molecule has 0 spiro atoms. The number of furan rings is 1. The first-order chi connectivity index (χ1) is 30.5. The van der Waals surface area contributed by atoms with Gasteiger partial charge < -0.3 is 4.42 Å². The number of hydrogen-bond acceptors (Lipinski definition) is 1. The summed E-state index contributed by atoms with van der Waals surface area (Å²) in [5, 5.41) is 12.6. The molecule has 1 aliphatic carbocycles. The number of rotatable bonds is 4. The van der Waals surface area contributed by atoms with Crippen LogP contribution in [-0.4, -0.2) is 0 Å². The lowest BCUT2D eigenvalue weighted by molar-refractivity contribution is 0.666. The third kappa shape index (κ3) is 4.97. The van der Waals surface area contributed by atoms with Crippen LogP contribution in [0.15, 0.2) is 211 Å². The van der Waals surface area contributed by atoms with Gasteiger partial charge in [-0.25, -0.2) is 0 Å². The van der Waals surface area contributed by atoms with E-state index in [9.17, 15) is 0 Å². The maximum atomic E-state index is 6.18. The topological polar surface area (TPSA) is 13.1 Å². The zero-order valence-corrected chi connectivity index (χ0v) is 34.5. The molecular formula is C61H40O. The summed E-state index contributed by atoms with van der Waals surface area (Å²) in [6, 6.07) is 76.2. The molecule has 0 fully saturated rings. The van der Waals surface area contributed by atoms with Gasteiger partial charge in [0.2, 0.25) is 0 Å². The van der Waals surface area contributed by atoms with Crippen molar-refractivity contribution in [3.63, 3.8) is 0 Å². The van der Waals surface area contributed by atoms with Gasteiger partial charge in [0.25, 0.3) is 0 Å². The second-order valence-electron chi connectivity index (χ2n) is 17.5. The standard InChI is InChI=1S/C61H40O/c1-61(2)53-30-15-29-42(58(53)59-46-23-5-3-20-43(46)44-21-4-10-28-51(44)60(59)61)39-17-14-19-41(35-39)57-49-26-8-6-24-47(49)56(48-25-7-9-27-50(48)57)40-18-13-16-37(34-40)38-32-33-55-52(36-38)45-22-11-12-31-54(45)62-55/h3-36H,1-2H3. The number of benzene rings is 11. The summed E-state index contributed by atoms with van der Waals surface area (Å²) >= 11 is 0. The number of fused-ring (bicyclic) bond motifs is 13. The molecule has 12 aromatic rings. The predicted octanol–water partition coefficient (Wildman–Crippen LogP) is 17.2. The fraction of sp³-hybridized carbons (Fsp3) is 0.0492. The Morgan fingerprint density at radius 2 is 0.742 bits per heavy atom. The highest BCUT2D eigenvalue weighted by atomic mass is 16.3. The number of para-hydroxylation sites is 1. The van der Waals surface area contributed by atoms with Crippen LogP contribution >= 0.6 is 0 Å². The second-order valence-corrected chi connectivity index (χ2v) is 17.5. The molecule has 0 atom stereocenters. The van der Waals surface area contributed by atoms with E-state index in [-0.39, 0.29) is 5.41 Å². The van der Waals surface area contributed by atoms with Crippen molar-refractivity contribution in [1.82, 2.24) is 0 Å². The molecule has 0 radical (unpaired) electrons. The Hall–Kier alpha value is -7.74. The smallest absolute Gasteiger partial charge is 0.135 e. The van der Waals surface area contributed by atoms with Crippen molar-refractivity contribution < 1.29 is 4.42 Å². The third-order valence-corrected chi connectivity index (χ3v) is 13.8. The van der Waals surface area contributed by atoms with Crippen LogP contribution in [0.2, 0.25) is 0 Å². The summed E-state index contributed by atoms with van der Waals surface area (Å²) in [7, 11) is 0. The molecule has 0 N–H and O–H groups in total. The molecule has 0 bridgehead atoms. The van der Waals surface area contributed by atoms with Gasteiger partial charge >= 0.3 is 0 Å². The van der Waals surface area contributed by atoms with E-state index in [1.54, 1.807) is 0 Å². The van der Waals surface area contributed by atoms with Crippen LogP contribution in [0.4, 0.5) is 0 Å². The molecule has 1 nitrogen and oxygen atoms in total. The van der Waals surface area contributed by atoms with E-state index in [2.05, 4.69) is 208 Å². The van der Waals surface area contributed by atoms with Crippen LogP contribution in [0.5, 0.6) is 0 Å². The maximum Gasteiger partial charge on any atom is 0.135 e. The van der Waals surface area contributed by atoms with Crippen LogP contribution in [0.3, 0.4) is 0 Å². The molecule has 0 amide bonds. The minimum atomic E-state index is -0.165. The largest absolute Gasteiger partial charge is 0.456 e. The fourth-order valence-electron chi connectivity index (χ4n) is 11.1. The van der Waals surface area contributed by atoms with Gasteiger partial charge in [0, 0.05) is 16.2 Å². The highest BCUT2D eigenvalue weighted by Gasteiger charge is 2.39. The van der Waals surface area contributed by atoms with Gasteiger partial charge in [0.15, 0.2) is 0 Å². The molecule has 1 heterocycles. The number of hydrogen-bond donors (Lipinski definition) is 0. The molecule has 0 unspecified atom stereocenters. The Bertz CT molecular complexity index is 3780. The van der Waals surface area contributed by atoms with Crippen LogP contribution in [0.25, 0.3) is 121 Å². The minimum Gasteiger partial charge on any atom is -0.456 e. The van der Waals surface area contributed by atoms with Gasteiger partial charge in [0.1, 0.15) is 11.2 Å². The van der Waals surface area contributed by atoms with Crippen molar-refractivity contribution in [2.75, 3.05) is 0 Å². The van der Waals surface area contributed by atoms with Crippen LogP contribution in [0.1, 0.15) is 25.0 Å². The van der Waals surface area contributed by atoms with Gasteiger partial charge in [-0.1, -0.05) is 190 Å². The first-order valence-corrected chi connectivity index (χ1v) is 21.7. The fourth-order valence-corrected chi connectivity index (χ4v) is 11.1. The van der Waals surface area contributed by atoms with Crippen LogP contribution in [-0.2, 0) is 5.41 Å². The zero-order chi connectivity index (χ0) is 41.1. The van der Waals surface area contributed by atoms with Gasteiger partial charge in [-0.3, -0.25) is 0 Å². The molecule has 1 heteroatoms. The lowest BCUT2D eigenvalue weighted by atomic mass is 9.79. The van der Waals surface area contributed by atoms with Crippen LogP contribution in [0, 0.1) is 0 Å². The summed E-state index contributed by atoms with van der Waals surface area (Å²) in [5.41, 5.74) is 17.0. The highest BCUT2D eigenvalue weighted by Crippen LogP contribution is 2.57. The van der Waals surface area contributed by atoms with E-state index < -0.39 is 0 Å². The summed E-state index contributed by atoms with van der Waals surface area (Å²) in [6.07, 6.45) is 0. The van der Waals surface area contributed by atoms with E-state index in [4.69, 9.17) is 4.42 Å². The maximum absolute atomic E-state index is 6.18. The predicted molar refractivity (Wildman–Crippen MR) is 263 cm³/mol. The quantitative estimate of drug-likeness (QED) is 0.128. The molecule has 290 valence electrons. The monoisotopic (exact) mass is 788 g/mol. The van der Waals surface area contributed by atoms with E-state index in [1.165, 1.54) is 110 Å². The molecule has 11 aromatic carbocycles. The average molecular weight is 789 g/mol. The van der Waals surface area contributed by atoms with E-state index >= 15 is 0 Å². The Balaban J connectivity index is 1.00. The van der Waals surface area contributed by atoms with Crippen molar-refractivity contribution in [2.45, 2.75) is 19.3 Å². The molecule has 0 aliphatic heterocycles. The van der Waals surface area contributed by atoms with Crippen LogP contribution < -0.4 is 0 Å². The molecule has 1 aromatic heterocycles. The second kappa shape index (κ2) is 13.1. The van der Waals surface area contributed by atoms with Gasteiger partial charge in [0.05, 0.1) is 0 Å². The Kier molecular flexibility index (Phi) is 7.42. The van der Waals surface area contributed by atoms with Crippen molar-refractivity contribution in [3.8, 4) is 55.6 Å². The molecule has 0 saturated carbocycles.